The van der Waals surface area contributed by atoms with E-state index < -0.39 is 0 Å². The van der Waals surface area contributed by atoms with Crippen molar-refractivity contribution in [2.75, 3.05) is 43.0 Å². The second-order valence-electron chi connectivity index (χ2n) is 4.63. The van der Waals surface area contributed by atoms with Crippen molar-refractivity contribution in [1.82, 2.24) is 15.3 Å². The van der Waals surface area contributed by atoms with Crippen LogP contribution in [-0.2, 0) is 0 Å². The van der Waals surface area contributed by atoms with Crippen LogP contribution in [0.3, 0.4) is 0 Å². The average molecular weight is 249 g/mol. The molecule has 0 amide bonds. The molecule has 1 saturated heterocycles. The first-order valence-corrected chi connectivity index (χ1v) is 6.77. The highest BCUT2D eigenvalue weighted by atomic mass is 15.3. The molecule has 1 aliphatic heterocycles. The maximum atomic E-state index is 4.40. The van der Waals surface area contributed by atoms with Gasteiger partial charge in [-0.15, -0.1) is 0 Å². The van der Waals surface area contributed by atoms with Gasteiger partial charge in [-0.1, -0.05) is 0 Å². The molecule has 1 aromatic rings. The lowest BCUT2D eigenvalue weighted by atomic mass is 10.3. The van der Waals surface area contributed by atoms with E-state index in [-0.39, 0.29) is 0 Å². The average Bonchev–Trinajstić information content (AvgIpc) is 2.89. The highest BCUT2D eigenvalue weighted by molar-refractivity contribution is 5.50. The Morgan fingerprint density at radius 3 is 2.78 bits per heavy atom. The monoisotopic (exact) mass is 249 g/mol. The molecule has 1 aromatic heterocycles. The molecule has 2 rings (SSSR count). The first kappa shape index (κ1) is 13.1. The zero-order chi connectivity index (χ0) is 13.0. The van der Waals surface area contributed by atoms with E-state index in [0.29, 0.717) is 6.04 Å². The van der Waals surface area contributed by atoms with Crippen molar-refractivity contribution in [3.05, 3.63) is 12.4 Å². The fourth-order valence-electron chi connectivity index (χ4n) is 2.43. The van der Waals surface area contributed by atoms with E-state index >= 15 is 0 Å². The van der Waals surface area contributed by atoms with Crippen molar-refractivity contribution in [2.24, 2.45) is 0 Å². The van der Waals surface area contributed by atoms with Crippen LogP contribution in [0.5, 0.6) is 0 Å². The van der Waals surface area contributed by atoms with E-state index in [1.54, 1.807) is 6.33 Å². The Labute approximate surface area is 109 Å². The fraction of sp³-hybridized carbons (Fsp3) is 0.692. The molecule has 2 heterocycles. The molecule has 0 radical (unpaired) electrons. The number of hydrogen-bond donors (Lipinski definition) is 1. The van der Waals surface area contributed by atoms with Crippen LogP contribution in [0.2, 0.25) is 0 Å². The maximum Gasteiger partial charge on any atom is 0.134 e. The van der Waals surface area contributed by atoms with Gasteiger partial charge in [0.1, 0.15) is 18.0 Å². The van der Waals surface area contributed by atoms with Gasteiger partial charge in [0, 0.05) is 38.3 Å². The smallest absolute Gasteiger partial charge is 0.134 e. The van der Waals surface area contributed by atoms with Crippen LogP contribution in [0.15, 0.2) is 12.4 Å². The molecule has 0 spiro atoms. The summed E-state index contributed by atoms with van der Waals surface area (Å²) >= 11 is 0. The lowest BCUT2D eigenvalue weighted by Gasteiger charge is -2.22. The van der Waals surface area contributed by atoms with Gasteiger partial charge in [-0.2, -0.15) is 0 Å². The third-order valence-corrected chi connectivity index (χ3v) is 3.65. The van der Waals surface area contributed by atoms with Gasteiger partial charge < -0.3 is 15.1 Å². The van der Waals surface area contributed by atoms with Gasteiger partial charge in [-0.3, -0.25) is 0 Å². The van der Waals surface area contributed by atoms with Gasteiger partial charge in [0.2, 0.25) is 0 Å². The minimum Gasteiger partial charge on any atom is -0.357 e. The standard InChI is InChI=1S/C13H23N5/c1-4-17(5-2)12-8-13(16-10-15-12)18-7-6-11(9-18)14-3/h8,10-11,14H,4-7,9H2,1-3H3. The molecule has 0 bridgehead atoms. The SMILES string of the molecule is CCN(CC)c1cc(N2CCC(NC)C2)ncn1. The molecule has 1 unspecified atom stereocenters. The van der Waals surface area contributed by atoms with Crippen LogP contribution >= 0.6 is 0 Å². The summed E-state index contributed by atoms with van der Waals surface area (Å²) in [6.45, 7) is 8.36. The predicted octanol–water partition coefficient (Wildman–Crippen LogP) is 1.12. The Kier molecular flexibility index (Phi) is 4.36. The molecular weight excluding hydrogens is 226 g/mol. The maximum absolute atomic E-state index is 4.40. The van der Waals surface area contributed by atoms with Gasteiger partial charge >= 0.3 is 0 Å². The molecular formula is C13H23N5. The van der Waals surface area contributed by atoms with Crippen LogP contribution in [0, 0.1) is 0 Å². The largest absolute Gasteiger partial charge is 0.357 e. The third-order valence-electron chi connectivity index (χ3n) is 3.65. The zero-order valence-electron chi connectivity index (χ0n) is 11.6. The lowest BCUT2D eigenvalue weighted by molar-refractivity contribution is 0.616. The van der Waals surface area contributed by atoms with Crippen molar-refractivity contribution < 1.29 is 0 Å². The molecule has 0 saturated carbocycles. The minimum absolute atomic E-state index is 0.580. The number of aromatic nitrogens is 2. The van der Waals surface area contributed by atoms with E-state index in [9.17, 15) is 0 Å². The number of likely N-dealkylation sites (N-methyl/N-ethyl adjacent to an activating group) is 1. The van der Waals surface area contributed by atoms with E-state index in [4.69, 9.17) is 0 Å². The normalized spacial score (nSPS) is 19.3. The van der Waals surface area contributed by atoms with Crippen LogP contribution in [0.4, 0.5) is 11.6 Å². The summed E-state index contributed by atoms with van der Waals surface area (Å²) in [6, 6.07) is 2.68. The summed E-state index contributed by atoms with van der Waals surface area (Å²) in [6.07, 6.45) is 2.86. The third kappa shape index (κ3) is 2.72. The molecule has 1 atom stereocenters. The molecule has 1 aliphatic rings. The van der Waals surface area contributed by atoms with Crippen molar-refractivity contribution in [1.29, 1.82) is 0 Å². The predicted molar refractivity (Wildman–Crippen MR) is 75.3 cm³/mol. The summed E-state index contributed by atoms with van der Waals surface area (Å²) in [5.41, 5.74) is 0. The fourth-order valence-corrected chi connectivity index (χ4v) is 2.43. The molecule has 1 fully saturated rings. The Hall–Kier alpha value is -1.36. The second-order valence-corrected chi connectivity index (χ2v) is 4.63. The van der Waals surface area contributed by atoms with Crippen LogP contribution < -0.4 is 15.1 Å². The van der Waals surface area contributed by atoms with Crippen LogP contribution in [-0.4, -0.2) is 49.2 Å². The van der Waals surface area contributed by atoms with Gasteiger partial charge in [-0.25, -0.2) is 9.97 Å². The topological polar surface area (TPSA) is 44.3 Å². The van der Waals surface area contributed by atoms with E-state index in [2.05, 4.69) is 45.0 Å². The first-order chi connectivity index (χ1) is 8.78. The second kappa shape index (κ2) is 6.00. The van der Waals surface area contributed by atoms with E-state index in [0.717, 1.165) is 37.8 Å². The lowest BCUT2D eigenvalue weighted by Crippen LogP contribution is -2.30. The minimum atomic E-state index is 0.580. The van der Waals surface area contributed by atoms with Crippen molar-refractivity contribution >= 4 is 11.6 Å². The van der Waals surface area contributed by atoms with E-state index in [1.165, 1.54) is 6.42 Å². The summed E-state index contributed by atoms with van der Waals surface area (Å²) in [7, 11) is 2.02. The molecule has 0 aromatic carbocycles. The molecule has 18 heavy (non-hydrogen) atoms. The van der Waals surface area contributed by atoms with Crippen LogP contribution in [0.25, 0.3) is 0 Å². The van der Waals surface area contributed by atoms with Gasteiger partial charge in [0.15, 0.2) is 0 Å². The van der Waals surface area contributed by atoms with E-state index in [1.807, 2.05) is 7.05 Å². The Balaban J connectivity index is 2.12. The molecule has 0 aliphatic carbocycles. The van der Waals surface area contributed by atoms with Crippen molar-refractivity contribution in [3.63, 3.8) is 0 Å². The number of nitrogens with one attached hydrogen (secondary N) is 1. The highest BCUT2D eigenvalue weighted by Crippen LogP contribution is 2.21. The summed E-state index contributed by atoms with van der Waals surface area (Å²) in [5.74, 6) is 2.07. The summed E-state index contributed by atoms with van der Waals surface area (Å²) < 4.78 is 0. The highest BCUT2D eigenvalue weighted by Gasteiger charge is 2.22. The summed E-state index contributed by atoms with van der Waals surface area (Å²) in [5, 5.41) is 3.33. The number of hydrogen-bond acceptors (Lipinski definition) is 5. The quantitative estimate of drug-likeness (QED) is 0.847. The van der Waals surface area contributed by atoms with Crippen LogP contribution in [0.1, 0.15) is 20.3 Å². The summed E-state index contributed by atoms with van der Waals surface area (Å²) in [4.78, 5) is 13.3. The molecule has 5 nitrogen and oxygen atoms in total. The van der Waals surface area contributed by atoms with Crippen molar-refractivity contribution in [2.45, 2.75) is 26.3 Å². The molecule has 100 valence electrons. The molecule has 5 heteroatoms. The van der Waals surface area contributed by atoms with Crippen molar-refractivity contribution in [3.8, 4) is 0 Å². The number of anilines is 2. The molecule has 1 N–H and O–H groups in total. The van der Waals surface area contributed by atoms with Gasteiger partial charge in [0.25, 0.3) is 0 Å². The number of nitrogens with zero attached hydrogens (tertiary/aromatic N) is 4. The first-order valence-electron chi connectivity index (χ1n) is 6.77. The van der Waals surface area contributed by atoms with Gasteiger partial charge in [-0.05, 0) is 27.3 Å². The Bertz CT molecular complexity index is 377. The Morgan fingerprint density at radius 2 is 2.17 bits per heavy atom. The zero-order valence-corrected chi connectivity index (χ0v) is 11.6. The number of rotatable bonds is 5. The Morgan fingerprint density at radius 1 is 1.39 bits per heavy atom. The van der Waals surface area contributed by atoms with Gasteiger partial charge in [0.05, 0.1) is 0 Å².